The average molecular weight is 356 g/mol. The summed E-state index contributed by atoms with van der Waals surface area (Å²) >= 11 is 0. The molecule has 1 aliphatic heterocycles. The maximum atomic E-state index is 12.5. The van der Waals surface area contributed by atoms with Crippen molar-refractivity contribution < 1.29 is 22.7 Å². The van der Waals surface area contributed by atoms with Gasteiger partial charge in [0.1, 0.15) is 0 Å². The summed E-state index contributed by atoms with van der Waals surface area (Å²) in [5.41, 5.74) is 0. The van der Waals surface area contributed by atoms with Crippen LogP contribution in [0, 0.1) is 0 Å². The van der Waals surface area contributed by atoms with Gasteiger partial charge in [-0.25, -0.2) is 8.42 Å². The van der Waals surface area contributed by atoms with Crippen LogP contribution in [0.5, 0.6) is 11.5 Å². The van der Waals surface area contributed by atoms with Crippen LogP contribution < -0.4 is 14.8 Å². The van der Waals surface area contributed by atoms with Crippen molar-refractivity contribution in [2.45, 2.75) is 24.3 Å². The largest absolute Gasteiger partial charge is 0.493 e. The van der Waals surface area contributed by atoms with Crippen molar-refractivity contribution in [3.8, 4) is 11.5 Å². The second-order valence-corrected chi connectivity index (χ2v) is 7.84. The zero-order valence-electron chi connectivity index (χ0n) is 14.2. The van der Waals surface area contributed by atoms with Gasteiger partial charge in [-0.3, -0.25) is 4.79 Å². The Bertz CT molecular complexity index is 690. The summed E-state index contributed by atoms with van der Waals surface area (Å²) in [6, 6.07) is 4.52. The van der Waals surface area contributed by atoms with Crippen molar-refractivity contribution in [1.82, 2.24) is 10.2 Å². The van der Waals surface area contributed by atoms with Gasteiger partial charge in [-0.2, -0.15) is 0 Å². The van der Waals surface area contributed by atoms with E-state index < -0.39 is 9.84 Å². The van der Waals surface area contributed by atoms with Crippen molar-refractivity contribution in [2.24, 2.45) is 0 Å². The number of sulfone groups is 1. The summed E-state index contributed by atoms with van der Waals surface area (Å²) in [5, 5.41) is 3.20. The van der Waals surface area contributed by atoms with E-state index in [0.717, 1.165) is 13.1 Å². The monoisotopic (exact) mass is 356 g/mol. The minimum Gasteiger partial charge on any atom is -0.493 e. The summed E-state index contributed by atoms with van der Waals surface area (Å²) in [4.78, 5) is 14.2. The summed E-state index contributed by atoms with van der Waals surface area (Å²) in [7, 11) is -0.634. The van der Waals surface area contributed by atoms with E-state index in [4.69, 9.17) is 9.47 Å². The molecule has 0 unspecified atom stereocenters. The van der Waals surface area contributed by atoms with Crippen molar-refractivity contribution in [3.63, 3.8) is 0 Å². The van der Waals surface area contributed by atoms with E-state index in [1.54, 1.807) is 11.0 Å². The number of benzene rings is 1. The first-order valence-corrected chi connectivity index (χ1v) is 9.49. The van der Waals surface area contributed by atoms with Crippen LogP contribution in [0.4, 0.5) is 0 Å². The van der Waals surface area contributed by atoms with Gasteiger partial charge in [0, 0.05) is 38.2 Å². The fourth-order valence-corrected chi connectivity index (χ4v) is 3.95. The lowest BCUT2D eigenvalue weighted by molar-refractivity contribution is -0.133. The van der Waals surface area contributed by atoms with Gasteiger partial charge in [0.05, 0.1) is 24.9 Å². The molecule has 0 radical (unpaired) electrons. The van der Waals surface area contributed by atoms with Gasteiger partial charge in [-0.1, -0.05) is 0 Å². The van der Waals surface area contributed by atoms with Crippen LogP contribution in [0.3, 0.4) is 0 Å². The highest BCUT2D eigenvalue weighted by Crippen LogP contribution is 2.30. The summed E-state index contributed by atoms with van der Waals surface area (Å²) < 4.78 is 35.2. The molecule has 0 aliphatic carbocycles. The van der Waals surface area contributed by atoms with Gasteiger partial charge in [-0.15, -0.1) is 0 Å². The number of piperazine rings is 1. The molecule has 7 nitrogen and oxygen atoms in total. The normalized spacial score (nSPS) is 18.3. The van der Waals surface area contributed by atoms with E-state index in [2.05, 4.69) is 5.32 Å². The highest BCUT2D eigenvalue weighted by molar-refractivity contribution is 7.91. The van der Waals surface area contributed by atoms with Gasteiger partial charge in [0.25, 0.3) is 0 Å². The molecule has 1 N–H and O–H groups in total. The fraction of sp³-hybridized carbons (Fsp3) is 0.562. The maximum absolute atomic E-state index is 12.5. The molecule has 1 amide bonds. The predicted molar refractivity (Wildman–Crippen MR) is 90.3 cm³/mol. The zero-order chi connectivity index (χ0) is 17.7. The molecule has 1 aromatic rings. The number of carbonyl (C=O) groups excluding carboxylic acids is 1. The smallest absolute Gasteiger partial charge is 0.223 e. The van der Waals surface area contributed by atoms with Gasteiger partial charge in [0.2, 0.25) is 5.91 Å². The molecule has 8 heteroatoms. The minimum absolute atomic E-state index is 0.0268. The Morgan fingerprint density at radius 3 is 2.62 bits per heavy atom. The van der Waals surface area contributed by atoms with Crippen LogP contribution >= 0.6 is 0 Å². The van der Waals surface area contributed by atoms with Crippen LogP contribution in [0.15, 0.2) is 23.1 Å². The molecule has 134 valence electrons. The molecule has 1 heterocycles. The second kappa shape index (κ2) is 7.85. The van der Waals surface area contributed by atoms with Crippen LogP contribution in [0.2, 0.25) is 0 Å². The molecule has 2 rings (SSSR count). The lowest BCUT2D eigenvalue weighted by atomic mass is 10.2. The first kappa shape index (κ1) is 18.5. The predicted octanol–water partition coefficient (Wildman–Crippen LogP) is 0.688. The molecule has 1 fully saturated rings. The number of hydrogen-bond acceptors (Lipinski definition) is 6. The van der Waals surface area contributed by atoms with Crippen LogP contribution in [-0.4, -0.2) is 64.9 Å². The third-order valence-electron chi connectivity index (χ3n) is 4.12. The van der Waals surface area contributed by atoms with E-state index in [9.17, 15) is 13.2 Å². The van der Waals surface area contributed by atoms with E-state index in [1.165, 1.54) is 26.4 Å². The molecule has 24 heavy (non-hydrogen) atoms. The first-order chi connectivity index (χ1) is 11.4. The molecule has 1 aliphatic rings. The number of amides is 1. The lowest BCUT2D eigenvalue weighted by Crippen LogP contribution is -2.52. The van der Waals surface area contributed by atoms with Crippen molar-refractivity contribution in [3.05, 3.63) is 18.2 Å². The number of nitrogens with zero attached hydrogens (tertiary/aromatic N) is 1. The Balaban J connectivity index is 2.07. The third kappa shape index (κ3) is 4.18. The molecule has 0 aromatic heterocycles. The van der Waals surface area contributed by atoms with E-state index in [1.807, 2.05) is 6.92 Å². The molecular formula is C16H24N2O5S. The SMILES string of the molecule is COc1ccc(S(=O)(=O)CCC(=O)N2CCNC[C@H]2C)cc1OC. The first-order valence-electron chi connectivity index (χ1n) is 7.84. The Morgan fingerprint density at radius 1 is 1.29 bits per heavy atom. The van der Waals surface area contributed by atoms with Crippen molar-refractivity contribution in [2.75, 3.05) is 39.6 Å². The zero-order valence-corrected chi connectivity index (χ0v) is 15.1. The van der Waals surface area contributed by atoms with E-state index >= 15 is 0 Å². The quantitative estimate of drug-likeness (QED) is 0.807. The van der Waals surface area contributed by atoms with Crippen molar-refractivity contribution in [1.29, 1.82) is 0 Å². The van der Waals surface area contributed by atoms with Gasteiger partial charge < -0.3 is 19.7 Å². The Morgan fingerprint density at radius 2 is 2.00 bits per heavy atom. The third-order valence-corrected chi connectivity index (χ3v) is 5.83. The fourth-order valence-electron chi connectivity index (χ4n) is 2.70. The lowest BCUT2D eigenvalue weighted by Gasteiger charge is -2.34. The highest BCUT2D eigenvalue weighted by atomic mass is 32.2. The van der Waals surface area contributed by atoms with E-state index in [-0.39, 0.29) is 29.0 Å². The van der Waals surface area contributed by atoms with Crippen LogP contribution in [0.1, 0.15) is 13.3 Å². The molecule has 1 atom stereocenters. The minimum atomic E-state index is -3.57. The van der Waals surface area contributed by atoms with Gasteiger partial charge in [-0.05, 0) is 19.1 Å². The molecule has 1 saturated heterocycles. The Kier molecular flexibility index (Phi) is 6.06. The van der Waals surface area contributed by atoms with E-state index in [0.29, 0.717) is 18.0 Å². The standard InChI is InChI=1S/C16H24N2O5S/c1-12-11-17-7-8-18(12)16(19)6-9-24(20,21)13-4-5-14(22-2)15(10-13)23-3/h4-5,10,12,17H,6-9,11H2,1-3H3/t12-/m1/s1. The van der Waals surface area contributed by atoms with Crippen molar-refractivity contribution >= 4 is 15.7 Å². The highest BCUT2D eigenvalue weighted by Gasteiger charge is 2.25. The number of rotatable bonds is 6. The number of methoxy groups -OCH3 is 2. The van der Waals surface area contributed by atoms with Crippen LogP contribution in [0.25, 0.3) is 0 Å². The molecule has 1 aromatic carbocycles. The van der Waals surface area contributed by atoms with Gasteiger partial charge in [0.15, 0.2) is 21.3 Å². The molecular weight excluding hydrogens is 332 g/mol. The topological polar surface area (TPSA) is 84.9 Å². The molecule has 0 bridgehead atoms. The summed E-state index contributed by atoms with van der Waals surface area (Å²) in [6.45, 7) is 4.02. The number of hydrogen-bond donors (Lipinski definition) is 1. The average Bonchev–Trinajstić information content (AvgIpc) is 2.59. The molecule has 0 spiro atoms. The second-order valence-electron chi connectivity index (χ2n) is 5.73. The summed E-state index contributed by atoms with van der Waals surface area (Å²) in [6.07, 6.45) is -0.0268. The van der Waals surface area contributed by atoms with Gasteiger partial charge >= 0.3 is 0 Å². The Labute approximate surface area is 142 Å². The maximum Gasteiger partial charge on any atom is 0.223 e. The van der Waals surface area contributed by atoms with Crippen LogP contribution in [-0.2, 0) is 14.6 Å². The Hall–Kier alpha value is -1.80. The number of nitrogens with one attached hydrogen (secondary N) is 1. The number of carbonyl (C=O) groups is 1. The summed E-state index contributed by atoms with van der Waals surface area (Å²) in [5.74, 6) is 0.452. The molecule has 0 saturated carbocycles. The number of ether oxygens (including phenoxy) is 2.